The van der Waals surface area contributed by atoms with Gasteiger partial charge in [-0.15, -0.1) is 0 Å². The summed E-state index contributed by atoms with van der Waals surface area (Å²) in [5.41, 5.74) is 0. The summed E-state index contributed by atoms with van der Waals surface area (Å²) in [6, 6.07) is 0. The van der Waals surface area contributed by atoms with Gasteiger partial charge >= 0.3 is 0 Å². The lowest BCUT2D eigenvalue weighted by molar-refractivity contribution is 0.336. The van der Waals surface area contributed by atoms with Crippen molar-refractivity contribution in [1.82, 2.24) is 14.9 Å². The minimum absolute atomic E-state index is 0.915. The Morgan fingerprint density at radius 1 is 1.44 bits per heavy atom. The molecule has 1 aromatic heterocycles. The molecular formula is C13H23N3. The van der Waals surface area contributed by atoms with Crippen LogP contribution in [-0.4, -0.2) is 22.6 Å². The zero-order chi connectivity index (χ0) is 11.2. The van der Waals surface area contributed by atoms with Crippen molar-refractivity contribution in [3.8, 4) is 0 Å². The minimum atomic E-state index is 0.915. The van der Waals surface area contributed by atoms with Gasteiger partial charge in [-0.2, -0.15) is 0 Å². The van der Waals surface area contributed by atoms with Gasteiger partial charge < -0.3 is 9.88 Å². The van der Waals surface area contributed by atoms with Crippen molar-refractivity contribution in [3.05, 3.63) is 18.2 Å². The molecule has 0 radical (unpaired) electrons. The summed E-state index contributed by atoms with van der Waals surface area (Å²) < 4.78 is 2.34. The second-order valence-corrected chi connectivity index (χ2v) is 4.77. The Hall–Kier alpha value is -0.830. The smallest absolute Gasteiger partial charge is 0.108 e. The molecular weight excluding hydrogens is 198 g/mol. The highest BCUT2D eigenvalue weighted by Crippen LogP contribution is 2.17. The van der Waals surface area contributed by atoms with Gasteiger partial charge in [0.2, 0.25) is 0 Å². The van der Waals surface area contributed by atoms with E-state index >= 15 is 0 Å². The molecule has 1 aromatic rings. The second kappa shape index (κ2) is 6.04. The summed E-state index contributed by atoms with van der Waals surface area (Å²) in [5, 5.41) is 3.42. The lowest BCUT2D eigenvalue weighted by Crippen LogP contribution is -2.28. The molecule has 0 unspecified atom stereocenters. The third-order valence-electron chi connectivity index (χ3n) is 3.51. The van der Waals surface area contributed by atoms with E-state index in [2.05, 4.69) is 28.0 Å². The topological polar surface area (TPSA) is 29.9 Å². The van der Waals surface area contributed by atoms with Gasteiger partial charge in [-0.05, 0) is 44.7 Å². The number of aryl methyl sites for hydroxylation is 2. The Kier molecular flexibility index (Phi) is 4.40. The van der Waals surface area contributed by atoms with Crippen LogP contribution in [0.2, 0.25) is 0 Å². The number of imidazole rings is 1. The van der Waals surface area contributed by atoms with Crippen LogP contribution in [0.3, 0.4) is 0 Å². The van der Waals surface area contributed by atoms with E-state index < -0.39 is 0 Å². The van der Waals surface area contributed by atoms with E-state index in [9.17, 15) is 0 Å². The summed E-state index contributed by atoms with van der Waals surface area (Å²) in [4.78, 5) is 4.42. The normalized spacial score (nSPS) is 17.8. The minimum Gasteiger partial charge on any atom is -0.335 e. The Bertz CT molecular complexity index is 300. The first-order valence-electron chi connectivity index (χ1n) is 6.61. The van der Waals surface area contributed by atoms with Gasteiger partial charge in [-0.1, -0.05) is 6.92 Å². The van der Waals surface area contributed by atoms with Crippen molar-refractivity contribution >= 4 is 0 Å². The van der Waals surface area contributed by atoms with Crippen LogP contribution in [0.1, 0.15) is 38.4 Å². The molecule has 2 heterocycles. The fraction of sp³-hybridized carbons (Fsp3) is 0.769. The molecule has 90 valence electrons. The van der Waals surface area contributed by atoms with Gasteiger partial charge in [0.15, 0.2) is 0 Å². The number of nitrogens with one attached hydrogen (secondary N) is 1. The number of piperidine rings is 1. The molecule has 3 heteroatoms. The van der Waals surface area contributed by atoms with E-state index in [1.807, 2.05) is 6.20 Å². The molecule has 3 nitrogen and oxygen atoms in total. The van der Waals surface area contributed by atoms with E-state index in [0.29, 0.717) is 0 Å². The summed E-state index contributed by atoms with van der Waals surface area (Å²) in [6.45, 7) is 5.78. The highest BCUT2D eigenvalue weighted by Gasteiger charge is 2.13. The number of aromatic nitrogens is 2. The molecule has 0 amide bonds. The molecule has 0 bridgehead atoms. The highest BCUT2D eigenvalue weighted by atomic mass is 15.1. The zero-order valence-electron chi connectivity index (χ0n) is 10.3. The predicted octanol–water partition coefficient (Wildman–Crippen LogP) is 2.23. The SMILES string of the molecule is CCCc1nccn1CCC1CCNCC1. The van der Waals surface area contributed by atoms with Gasteiger partial charge in [0.1, 0.15) is 5.82 Å². The van der Waals surface area contributed by atoms with Gasteiger partial charge in [-0.3, -0.25) is 0 Å². The van der Waals surface area contributed by atoms with Crippen molar-refractivity contribution in [2.24, 2.45) is 5.92 Å². The van der Waals surface area contributed by atoms with E-state index in [1.165, 1.54) is 44.6 Å². The van der Waals surface area contributed by atoms with Crippen LogP contribution in [0.15, 0.2) is 12.4 Å². The largest absolute Gasteiger partial charge is 0.335 e. The van der Waals surface area contributed by atoms with Crippen LogP contribution < -0.4 is 5.32 Å². The van der Waals surface area contributed by atoms with Gasteiger partial charge in [-0.25, -0.2) is 4.98 Å². The van der Waals surface area contributed by atoms with Crippen molar-refractivity contribution in [1.29, 1.82) is 0 Å². The van der Waals surface area contributed by atoms with Crippen LogP contribution in [0.5, 0.6) is 0 Å². The summed E-state index contributed by atoms with van der Waals surface area (Å²) in [6.07, 6.45) is 10.4. The molecule has 1 N–H and O–H groups in total. The van der Waals surface area contributed by atoms with Crippen LogP contribution in [0.4, 0.5) is 0 Å². The maximum absolute atomic E-state index is 4.42. The number of nitrogens with zero attached hydrogens (tertiary/aromatic N) is 2. The first-order valence-corrected chi connectivity index (χ1v) is 6.61. The van der Waals surface area contributed by atoms with Crippen LogP contribution in [0.25, 0.3) is 0 Å². The van der Waals surface area contributed by atoms with E-state index in [-0.39, 0.29) is 0 Å². The van der Waals surface area contributed by atoms with Gasteiger partial charge in [0.05, 0.1) is 0 Å². The van der Waals surface area contributed by atoms with Gasteiger partial charge in [0, 0.05) is 25.4 Å². The molecule has 0 atom stereocenters. The highest BCUT2D eigenvalue weighted by molar-refractivity contribution is 4.92. The molecule has 2 rings (SSSR count). The Balaban J connectivity index is 1.81. The molecule has 0 aliphatic carbocycles. The maximum atomic E-state index is 4.42. The molecule has 1 aliphatic rings. The molecule has 1 saturated heterocycles. The average Bonchev–Trinajstić information content (AvgIpc) is 2.76. The Morgan fingerprint density at radius 3 is 3.00 bits per heavy atom. The molecule has 1 aliphatic heterocycles. The van der Waals surface area contributed by atoms with Crippen molar-refractivity contribution < 1.29 is 0 Å². The van der Waals surface area contributed by atoms with Crippen molar-refractivity contribution in [2.45, 2.75) is 45.6 Å². The summed E-state index contributed by atoms with van der Waals surface area (Å²) >= 11 is 0. The van der Waals surface area contributed by atoms with E-state index in [0.717, 1.165) is 18.9 Å². The predicted molar refractivity (Wildman–Crippen MR) is 66.4 cm³/mol. The fourth-order valence-corrected chi connectivity index (χ4v) is 2.49. The third kappa shape index (κ3) is 3.08. The first-order chi connectivity index (χ1) is 7.90. The fourth-order valence-electron chi connectivity index (χ4n) is 2.49. The van der Waals surface area contributed by atoms with Gasteiger partial charge in [0.25, 0.3) is 0 Å². The molecule has 1 fully saturated rings. The molecule has 16 heavy (non-hydrogen) atoms. The summed E-state index contributed by atoms with van der Waals surface area (Å²) in [5.74, 6) is 2.18. The van der Waals surface area contributed by atoms with Crippen LogP contribution >= 0.6 is 0 Å². The lowest BCUT2D eigenvalue weighted by atomic mass is 9.95. The monoisotopic (exact) mass is 221 g/mol. The van der Waals surface area contributed by atoms with Crippen LogP contribution in [0, 0.1) is 5.92 Å². The first kappa shape index (κ1) is 11.6. The third-order valence-corrected chi connectivity index (χ3v) is 3.51. The Labute approximate surface area is 98.3 Å². The van der Waals surface area contributed by atoms with Crippen LogP contribution in [-0.2, 0) is 13.0 Å². The number of rotatable bonds is 5. The van der Waals surface area contributed by atoms with Crippen molar-refractivity contribution in [2.75, 3.05) is 13.1 Å². The Morgan fingerprint density at radius 2 is 2.25 bits per heavy atom. The molecule has 0 aromatic carbocycles. The average molecular weight is 221 g/mol. The standard InChI is InChI=1S/C13H23N3/c1-2-3-13-15-9-11-16(13)10-6-12-4-7-14-8-5-12/h9,11-12,14H,2-8,10H2,1H3. The zero-order valence-corrected chi connectivity index (χ0v) is 10.3. The van der Waals surface area contributed by atoms with E-state index in [4.69, 9.17) is 0 Å². The number of hydrogen-bond acceptors (Lipinski definition) is 2. The van der Waals surface area contributed by atoms with E-state index in [1.54, 1.807) is 0 Å². The quantitative estimate of drug-likeness (QED) is 0.826. The lowest BCUT2D eigenvalue weighted by Gasteiger charge is -2.22. The number of hydrogen-bond donors (Lipinski definition) is 1. The second-order valence-electron chi connectivity index (χ2n) is 4.77. The maximum Gasteiger partial charge on any atom is 0.108 e. The molecule has 0 saturated carbocycles. The molecule has 0 spiro atoms. The van der Waals surface area contributed by atoms with Crippen molar-refractivity contribution in [3.63, 3.8) is 0 Å². The summed E-state index contributed by atoms with van der Waals surface area (Å²) in [7, 11) is 0.